The van der Waals surface area contributed by atoms with E-state index in [0.29, 0.717) is 5.69 Å². The second-order valence-corrected chi connectivity index (χ2v) is 8.18. The van der Waals surface area contributed by atoms with Gasteiger partial charge in [0.2, 0.25) is 10.0 Å². The molecule has 0 spiro atoms. The number of hydrogen-bond donors (Lipinski definition) is 3. The predicted octanol–water partition coefficient (Wildman–Crippen LogP) is -0.316. The zero-order chi connectivity index (χ0) is 14.7. The molecule has 0 heterocycles. The van der Waals surface area contributed by atoms with E-state index < -0.39 is 25.9 Å². The summed E-state index contributed by atoms with van der Waals surface area (Å²) in [4.78, 5) is 0.0480. The zero-order valence-electron chi connectivity index (χ0n) is 10.6. The lowest BCUT2D eigenvalue weighted by atomic mass is 10.3. The fourth-order valence-electron chi connectivity index (χ4n) is 1.55. The summed E-state index contributed by atoms with van der Waals surface area (Å²) < 4.78 is 48.4. The van der Waals surface area contributed by atoms with Crippen molar-refractivity contribution < 1.29 is 16.8 Å². The van der Waals surface area contributed by atoms with E-state index in [4.69, 9.17) is 5.84 Å². The molecule has 1 aromatic carbocycles. The lowest BCUT2D eigenvalue weighted by molar-refractivity contribution is 0.564. The number of hydrazine groups is 1. The quantitative estimate of drug-likeness (QED) is 0.490. The molecule has 0 aliphatic heterocycles. The van der Waals surface area contributed by atoms with Gasteiger partial charge in [0.25, 0.3) is 0 Å². The summed E-state index contributed by atoms with van der Waals surface area (Å²) in [7, 11) is -6.98. The van der Waals surface area contributed by atoms with Gasteiger partial charge in [0.1, 0.15) is 9.84 Å². The van der Waals surface area contributed by atoms with Crippen LogP contribution in [0.15, 0.2) is 29.2 Å². The van der Waals surface area contributed by atoms with E-state index in [1.807, 2.05) is 0 Å². The molecule has 1 atom stereocenters. The summed E-state index contributed by atoms with van der Waals surface area (Å²) in [6.07, 6.45) is 1.06. The third-order valence-electron chi connectivity index (χ3n) is 2.24. The van der Waals surface area contributed by atoms with Crippen LogP contribution in [0.4, 0.5) is 5.69 Å². The highest BCUT2D eigenvalue weighted by atomic mass is 32.2. The first kappa shape index (κ1) is 15.9. The van der Waals surface area contributed by atoms with Crippen molar-refractivity contribution in [3.8, 4) is 0 Å². The van der Waals surface area contributed by atoms with Crippen LogP contribution in [-0.4, -0.2) is 34.9 Å². The molecule has 1 unspecified atom stereocenters. The third-order valence-corrected chi connectivity index (χ3v) is 4.95. The molecule has 0 bridgehead atoms. The number of hydrogen-bond acceptors (Lipinski definition) is 6. The lowest BCUT2D eigenvalue weighted by Gasteiger charge is -2.13. The van der Waals surface area contributed by atoms with E-state index in [9.17, 15) is 16.8 Å². The van der Waals surface area contributed by atoms with Crippen LogP contribution < -0.4 is 16.0 Å². The van der Waals surface area contributed by atoms with Crippen LogP contribution in [0.1, 0.15) is 6.92 Å². The van der Waals surface area contributed by atoms with E-state index in [1.165, 1.54) is 31.2 Å². The van der Waals surface area contributed by atoms with Crippen LogP contribution in [0.25, 0.3) is 0 Å². The Hall–Kier alpha value is -1.16. The van der Waals surface area contributed by atoms with Gasteiger partial charge in [-0.05, 0) is 31.2 Å². The molecule has 108 valence electrons. The Balaban J connectivity index is 2.86. The molecule has 1 rings (SSSR count). The van der Waals surface area contributed by atoms with Gasteiger partial charge in [-0.1, -0.05) is 0 Å². The minimum Gasteiger partial charge on any atom is -0.324 e. The predicted molar refractivity (Wildman–Crippen MR) is 73.7 cm³/mol. The number of anilines is 1. The van der Waals surface area contributed by atoms with E-state index >= 15 is 0 Å². The summed E-state index contributed by atoms with van der Waals surface area (Å²) in [6.45, 7) is 1.49. The van der Waals surface area contributed by atoms with Crippen molar-refractivity contribution >= 4 is 25.5 Å². The number of nitrogens with one attached hydrogen (secondary N) is 2. The molecular formula is C10H17N3O4S2. The summed E-state index contributed by atoms with van der Waals surface area (Å²) in [6, 6.07) is 5.08. The average Bonchev–Trinajstić information content (AvgIpc) is 2.25. The maximum absolute atomic E-state index is 12.0. The minimum atomic E-state index is -3.74. The Kier molecular flexibility index (Phi) is 4.91. The molecule has 1 aromatic rings. The maximum Gasteiger partial charge on any atom is 0.240 e. The summed E-state index contributed by atoms with van der Waals surface area (Å²) in [5.41, 5.74) is 2.96. The van der Waals surface area contributed by atoms with Crippen molar-refractivity contribution in [1.29, 1.82) is 0 Å². The van der Waals surface area contributed by atoms with Crippen molar-refractivity contribution in [3.63, 3.8) is 0 Å². The van der Waals surface area contributed by atoms with Gasteiger partial charge in [0.15, 0.2) is 0 Å². The number of rotatable bonds is 6. The molecule has 7 nitrogen and oxygen atoms in total. The molecule has 0 aliphatic rings. The number of sulfonamides is 1. The first-order valence-electron chi connectivity index (χ1n) is 5.41. The van der Waals surface area contributed by atoms with Crippen LogP contribution >= 0.6 is 0 Å². The van der Waals surface area contributed by atoms with Crippen LogP contribution in [0.3, 0.4) is 0 Å². The number of nitrogen functional groups attached to an aromatic ring is 1. The summed E-state index contributed by atoms with van der Waals surface area (Å²) in [5.74, 6) is 4.92. The van der Waals surface area contributed by atoms with Gasteiger partial charge in [-0.25, -0.2) is 21.6 Å². The highest BCUT2D eigenvalue weighted by molar-refractivity contribution is 7.91. The average molecular weight is 307 g/mol. The SMILES string of the molecule is CC(CS(C)(=O)=O)NS(=O)(=O)c1ccc(NN)cc1. The van der Waals surface area contributed by atoms with Gasteiger partial charge in [0.05, 0.1) is 10.6 Å². The van der Waals surface area contributed by atoms with E-state index in [1.54, 1.807) is 0 Å². The van der Waals surface area contributed by atoms with Crippen molar-refractivity contribution in [2.45, 2.75) is 17.9 Å². The van der Waals surface area contributed by atoms with Crippen LogP contribution in [0, 0.1) is 0 Å². The topological polar surface area (TPSA) is 118 Å². The standard InChI is InChI=1S/C10H17N3O4S2/c1-8(7-18(2,14)15)13-19(16,17)10-5-3-9(12-11)4-6-10/h3-6,8,12-13H,7,11H2,1-2H3. The second-order valence-electron chi connectivity index (χ2n) is 4.28. The summed E-state index contributed by atoms with van der Waals surface area (Å²) >= 11 is 0. The van der Waals surface area contributed by atoms with E-state index in [2.05, 4.69) is 10.1 Å². The Labute approximate surface area is 113 Å². The number of sulfone groups is 1. The normalized spacial score (nSPS) is 14.1. The van der Waals surface area contributed by atoms with Gasteiger partial charge in [-0.3, -0.25) is 5.84 Å². The maximum atomic E-state index is 12.0. The van der Waals surface area contributed by atoms with Crippen molar-refractivity contribution in [1.82, 2.24) is 4.72 Å². The first-order chi connectivity index (χ1) is 8.64. The summed E-state index contributed by atoms with van der Waals surface area (Å²) in [5, 5.41) is 0. The van der Waals surface area contributed by atoms with Crippen molar-refractivity contribution in [3.05, 3.63) is 24.3 Å². The van der Waals surface area contributed by atoms with E-state index in [0.717, 1.165) is 6.26 Å². The molecule has 0 aromatic heterocycles. The molecule has 4 N–H and O–H groups in total. The molecule has 19 heavy (non-hydrogen) atoms. The number of benzene rings is 1. The van der Waals surface area contributed by atoms with Gasteiger partial charge in [-0.15, -0.1) is 0 Å². The van der Waals surface area contributed by atoms with Crippen LogP contribution in [0.5, 0.6) is 0 Å². The molecule has 0 fully saturated rings. The number of nitrogens with two attached hydrogens (primary N) is 1. The van der Waals surface area contributed by atoms with Crippen LogP contribution in [-0.2, 0) is 19.9 Å². The molecule has 0 amide bonds. The fraction of sp³-hybridized carbons (Fsp3) is 0.400. The largest absolute Gasteiger partial charge is 0.324 e. The highest BCUT2D eigenvalue weighted by Gasteiger charge is 2.19. The molecule has 0 aliphatic carbocycles. The minimum absolute atomic E-state index is 0.0480. The van der Waals surface area contributed by atoms with E-state index in [-0.39, 0.29) is 10.6 Å². The Morgan fingerprint density at radius 3 is 2.11 bits per heavy atom. The van der Waals surface area contributed by atoms with Crippen LogP contribution in [0.2, 0.25) is 0 Å². The molecule has 0 radical (unpaired) electrons. The smallest absolute Gasteiger partial charge is 0.240 e. The van der Waals surface area contributed by atoms with Crippen molar-refractivity contribution in [2.75, 3.05) is 17.4 Å². The van der Waals surface area contributed by atoms with Gasteiger partial charge in [0, 0.05) is 18.0 Å². The Morgan fingerprint density at radius 2 is 1.68 bits per heavy atom. The second kappa shape index (κ2) is 5.87. The van der Waals surface area contributed by atoms with Gasteiger partial charge >= 0.3 is 0 Å². The molecule has 9 heteroatoms. The fourth-order valence-corrected chi connectivity index (χ4v) is 3.89. The highest BCUT2D eigenvalue weighted by Crippen LogP contribution is 2.13. The Morgan fingerprint density at radius 1 is 1.16 bits per heavy atom. The molecule has 0 saturated carbocycles. The van der Waals surface area contributed by atoms with Gasteiger partial charge in [-0.2, -0.15) is 0 Å². The first-order valence-corrected chi connectivity index (χ1v) is 8.95. The Bertz CT molecular complexity index is 623. The lowest BCUT2D eigenvalue weighted by Crippen LogP contribution is -2.37. The zero-order valence-corrected chi connectivity index (χ0v) is 12.3. The van der Waals surface area contributed by atoms with Gasteiger partial charge < -0.3 is 5.43 Å². The monoisotopic (exact) mass is 307 g/mol. The molecular weight excluding hydrogens is 290 g/mol. The molecule has 0 saturated heterocycles. The third kappa shape index (κ3) is 5.15. The van der Waals surface area contributed by atoms with Crippen molar-refractivity contribution in [2.24, 2.45) is 5.84 Å².